The van der Waals surface area contributed by atoms with Crippen molar-refractivity contribution in [2.45, 2.75) is 45.3 Å². The summed E-state index contributed by atoms with van der Waals surface area (Å²) in [6.45, 7) is 1.76. The number of carboxylic acid groups (broad SMARTS) is 1. The molecule has 0 aliphatic heterocycles. The number of pyridine rings is 1. The van der Waals surface area contributed by atoms with Gasteiger partial charge in [-0.3, -0.25) is 9.48 Å². The molecule has 0 radical (unpaired) electrons. The van der Waals surface area contributed by atoms with Gasteiger partial charge in [-0.05, 0) is 44.7 Å². The lowest BCUT2D eigenvalue weighted by Gasteiger charge is -2.27. The summed E-state index contributed by atoms with van der Waals surface area (Å²) in [6.07, 6.45) is 4.58. The Kier molecular flexibility index (Phi) is 5.03. The van der Waals surface area contributed by atoms with Crippen LogP contribution < -0.4 is 4.74 Å². The van der Waals surface area contributed by atoms with Gasteiger partial charge in [-0.25, -0.2) is 4.98 Å². The molecule has 2 aromatic rings. The summed E-state index contributed by atoms with van der Waals surface area (Å²) in [5.74, 6) is -0.394. The smallest absolute Gasteiger partial charge is 0.306 e. The van der Waals surface area contributed by atoms with Crippen LogP contribution >= 0.6 is 0 Å². The summed E-state index contributed by atoms with van der Waals surface area (Å²) >= 11 is 0. The first-order valence-electron chi connectivity index (χ1n) is 8.48. The fourth-order valence-corrected chi connectivity index (χ4v) is 3.34. The summed E-state index contributed by atoms with van der Waals surface area (Å²) < 4.78 is 7.65. The Labute approximate surface area is 146 Å². The minimum atomic E-state index is -0.744. The molecular weight excluding hydrogens is 322 g/mol. The standard InChI is InChI=1S/C18H23N3O4/c1-11-17(25-13-5-3-4-12(8-13)18(23)24)7-6-15(20-11)14-9-19-21(2)16(14)10-22/h6-7,9,12-13,22H,3-5,8,10H2,1-2H3,(H,23,24). The number of nitrogens with zero attached hydrogens (tertiary/aromatic N) is 3. The number of aliphatic carboxylic acids is 1. The number of carboxylic acids is 1. The lowest BCUT2D eigenvalue weighted by atomic mass is 9.87. The third-order valence-electron chi connectivity index (χ3n) is 4.79. The quantitative estimate of drug-likeness (QED) is 0.863. The summed E-state index contributed by atoms with van der Waals surface area (Å²) in [7, 11) is 1.78. The fourth-order valence-electron chi connectivity index (χ4n) is 3.34. The second kappa shape index (κ2) is 7.23. The summed E-state index contributed by atoms with van der Waals surface area (Å²) in [5, 5.41) is 22.9. The molecule has 0 saturated heterocycles. The molecule has 0 bridgehead atoms. The molecule has 0 aromatic carbocycles. The fraction of sp³-hybridized carbons (Fsp3) is 0.500. The molecule has 0 spiro atoms. The van der Waals surface area contributed by atoms with Crippen LogP contribution in [0.1, 0.15) is 37.1 Å². The van der Waals surface area contributed by atoms with Crippen molar-refractivity contribution in [1.82, 2.24) is 14.8 Å². The van der Waals surface area contributed by atoms with Gasteiger partial charge in [0.1, 0.15) is 5.75 Å². The highest BCUT2D eigenvalue weighted by atomic mass is 16.5. The van der Waals surface area contributed by atoms with Gasteiger partial charge >= 0.3 is 5.97 Å². The molecule has 1 fully saturated rings. The third kappa shape index (κ3) is 3.66. The van der Waals surface area contributed by atoms with Crippen LogP contribution in [-0.2, 0) is 18.4 Å². The number of carbonyl (C=O) groups is 1. The van der Waals surface area contributed by atoms with Crippen LogP contribution in [0, 0.1) is 12.8 Å². The van der Waals surface area contributed by atoms with E-state index >= 15 is 0 Å². The van der Waals surface area contributed by atoms with Gasteiger partial charge in [0.15, 0.2) is 0 Å². The average Bonchev–Trinajstić information content (AvgIpc) is 2.97. The lowest BCUT2D eigenvalue weighted by molar-refractivity contribution is -0.143. The van der Waals surface area contributed by atoms with Crippen molar-refractivity contribution in [1.29, 1.82) is 0 Å². The zero-order valence-electron chi connectivity index (χ0n) is 14.5. The van der Waals surface area contributed by atoms with E-state index in [-0.39, 0.29) is 18.6 Å². The molecule has 1 aliphatic carbocycles. The van der Waals surface area contributed by atoms with E-state index < -0.39 is 5.97 Å². The molecule has 7 heteroatoms. The lowest BCUT2D eigenvalue weighted by Crippen LogP contribution is -2.29. The van der Waals surface area contributed by atoms with Gasteiger partial charge in [0, 0.05) is 12.6 Å². The highest BCUT2D eigenvalue weighted by Crippen LogP contribution is 2.30. The Morgan fingerprint density at radius 1 is 1.40 bits per heavy atom. The number of hydrogen-bond acceptors (Lipinski definition) is 5. The number of aromatic nitrogens is 3. The van der Waals surface area contributed by atoms with E-state index in [1.807, 2.05) is 19.1 Å². The van der Waals surface area contributed by atoms with E-state index in [0.29, 0.717) is 17.9 Å². The molecule has 2 atom stereocenters. The summed E-state index contributed by atoms with van der Waals surface area (Å²) in [5.41, 5.74) is 2.97. The first-order chi connectivity index (χ1) is 12.0. The predicted molar refractivity (Wildman–Crippen MR) is 91.1 cm³/mol. The van der Waals surface area contributed by atoms with E-state index in [9.17, 15) is 15.0 Å². The van der Waals surface area contributed by atoms with Gasteiger partial charge in [0.05, 0.1) is 41.9 Å². The molecule has 2 unspecified atom stereocenters. The minimum Gasteiger partial charge on any atom is -0.489 e. The average molecular weight is 345 g/mol. The predicted octanol–water partition coefficient (Wildman–Crippen LogP) is 2.31. The van der Waals surface area contributed by atoms with Gasteiger partial charge in [-0.15, -0.1) is 0 Å². The molecule has 7 nitrogen and oxygen atoms in total. The molecule has 2 N–H and O–H groups in total. The first-order valence-corrected chi connectivity index (χ1v) is 8.48. The number of aliphatic hydroxyl groups excluding tert-OH is 1. The summed E-state index contributed by atoms with van der Waals surface area (Å²) in [4.78, 5) is 15.8. The first kappa shape index (κ1) is 17.4. The van der Waals surface area contributed by atoms with E-state index in [2.05, 4.69) is 10.1 Å². The van der Waals surface area contributed by atoms with E-state index in [1.54, 1.807) is 17.9 Å². The van der Waals surface area contributed by atoms with Crippen LogP contribution in [0.4, 0.5) is 0 Å². The van der Waals surface area contributed by atoms with Crippen molar-refractivity contribution in [3.05, 3.63) is 29.7 Å². The number of hydrogen-bond donors (Lipinski definition) is 2. The van der Waals surface area contributed by atoms with Gasteiger partial charge < -0.3 is 14.9 Å². The van der Waals surface area contributed by atoms with Crippen molar-refractivity contribution >= 4 is 5.97 Å². The van der Waals surface area contributed by atoms with Crippen LogP contribution in [-0.4, -0.2) is 37.1 Å². The van der Waals surface area contributed by atoms with Gasteiger partial charge in [0.25, 0.3) is 0 Å². The topological polar surface area (TPSA) is 97.5 Å². The normalized spacial score (nSPS) is 20.4. The minimum absolute atomic E-state index is 0.0902. The molecular formula is C18H23N3O4. The van der Waals surface area contributed by atoms with Gasteiger partial charge in [-0.2, -0.15) is 5.10 Å². The molecule has 2 heterocycles. The number of rotatable bonds is 5. The Morgan fingerprint density at radius 2 is 2.20 bits per heavy atom. The molecule has 3 rings (SSSR count). The molecule has 134 valence electrons. The van der Waals surface area contributed by atoms with Crippen molar-refractivity contribution in [3.8, 4) is 17.0 Å². The molecule has 0 amide bonds. The van der Waals surface area contributed by atoms with Crippen molar-refractivity contribution in [3.63, 3.8) is 0 Å². The highest BCUT2D eigenvalue weighted by Gasteiger charge is 2.28. The van der Waals surface area contributed by atoms with Crippen LogP contribution in [0.25, 0.3) is 11.3 Å². The van der Waals surface area contributed by atoms with Crippen LogP contribution in [0.15, 0.2) is 18.3 Å². The van der Waals surface area contributed by atoms with Crippen molar-refractivity contribution < 1.29 is 19.7 Å². The second-order valence-corrected chi connectivity index (χ2v) is 6.51. The van der Waals surface area contributed by atoms with Gasteiger partial charge in [-0.1, -0.05) is 0 Å². The largest absolute Gasteiger partial charge is 0.489 e. The Bertz CT molecular complexity index is 772. The highest BCUT2D eigenvalue weighted by molar-refractivity contribution is 5.70. The van der Waals surface area contributed by atoms with Crippen molar-refractivity contribution in [2.75, 3.05) is 0 Å². The second-order valence-electron chi connectivity index (χ2n) is 6.51. The van der Waals surface area contributed by atoms with Crippen LogP contribution in [0.5, 0.6) is 5.75 Å². The Balaban J connectivity index is 1.77. The zero-order valence-corrected chi connectivity index (χ0v) is 14.5. The van der Waals surface area contributed by atoms with E-state index in [4.69, 9.17) is 4.74 Å². The zero-order chi connectivity index (χ0) is 18.0. The molecule has 1 aliphatic rings. The Hall–Kier alpha value is -2.41. The maximum atomic E-state index is 11.2. The number of aliphatic hydroxyl groups is 1. The Morgan fingerprint density at radius 3 is 2.88 bits per heavy atom. The molecule has 25 heavy (non-hydrogen) atoms. The number of aryl methyl sites for hydroxylation is 2. The molecule has 1 saturated carbocycles. The van der Waals surface area contributed by atoms with Crippen LogP contribution in [0.2, 0.25) is 0 Å². The summed E-state index contributed by atoms with van der Waals surface area (Å²) in [6, 6.07) is 3.70. The maximum absolute atomic E-state index is 11.2. The van der Waals surface area contributed by atoms with Gasteiger partial charge in [0.2, 0.25) is 0 Å². The molecule has 2 aromatic heterocycles. The maximum Gasteiger partial charge on any atom is 0.306 e. The van der Waals surface area contributed by atoms with Crippen LogP contribution in [0.3, 0.4) is 0 Å². The SMILES string of the molecule is Cc1nc(-c2cnn(C)c2CO)ccc1OC1CCCC(C(=O)O)C1. The van der Waals surface area contributed by atoms with Crippen molar-refractivity contribution in [2.24, 2.45) is 13.0 Å². The van der Waals surface area contributed by atoms with E-state index in [1.165, 1.54) is 0 Å². The monoisotopic (exact) mass is 345 g/mol. The van der Waals surface area contributed by atoms with E-state index in [0.717, 1.165) is 36.2 Å². The number of ether oxygens (including phenoxy) is 1. The third-order valence-corrected chi connectivity index (χ3v) is 4.79.